The third kappa shape index (κ3) is 3.95. The molecule has 4 nitrogen and oxygen atoms in total. The lowest BCUT2D eigenvalue weighted by Gasteiger charge is -2.32. The van der Waals surface area contributed by atoms with E-state index in [-0.39, 0.29) is 5.91 Å². The van der Waals surface area contributed by atoms with E-state index < -0.39 is 0 Å². The van der Waals surface area contributed by atoms with E-state index >= 15 is 0 Å². The molecule has 1 aromatic heterocycles. The van der Waals surface area contributed by atoms with Crippen LogP contribution in [0.15, 0.2) is 36.5 Å². The number of hydrogen-bond acceptors (Lipinski definition) is 2. The Bertz CT molecular complexity index is 678. The lowest BCUT2D eigenvalue weighted by atomic mass is 9.98. The topological polar surface area (TPSA) is 45.3 Å². The summed E-state index contributed by atoms with van der Waals surface area (Å²) in [7, 11) is 0. The van der Waals surface area contributed by atoms with Crippen LogP contribution in [0.1, 0.15) is 34.5 Å². The second-order valence-electron chi connectivity index (χ2n) is 6.48. The lowest BCUT2D eigenvalue weighted by molar-refractivity contribution is 0.0628. The number of aryl methyl sites for hydroxylation is 2. The van der Waals surface area contributed by atoms with Crippen LogP contribution in [0, 0.1) is 19.8 Å². The highest BCUT2D eigenvalue weighted by molar-refractivity contribution is 5.92. The van der Waals surface area contributed by atoms with E-state index in [1.165, 1.54) is 5.56 Å². The molecule has 3 rings (SSSR count). The third-order valence-corrected chi connectivity index (χ3v) is 4.34. The average molecular weight is 312 g/mol. The van der Waals surface area contributed by atoms with E-state index in [1.807, 2.05) is 42.3 Å². The van der Waals surface area contributed by atoms with Crippen molar-refractivity contribution in [3.63, 3.8) is 0 Å². The van der Waals surface area contributed by atoms with Gasteiger partial charge in [0.2, 0.25) is 0 Å². The molecule has 2 aromatic rings. The van der Waals surface area contributed by atoms with E-state index in [2.05, 4.69) is 18.0 Å². The molecular formula is C19H24N2O2. The van der Waals surface area contributed by atoms with Gasteiger partial charge in [-0.15, -0.1) is 0 Å². The molecule has 1 atom stereocenters. The molecule has 0 spiro atoms. The van der Waals surface area contributed by atoms with Gasteiger partial charge in [-0.2, -0.15) is 0 Å². The van der Waals surface area contributed by atoms with Crippen molar-refractivity contribution in [3.05, 3.63) is 53.3 Å². The zero-order chi connectivity index (χ0) is 16.2. The molecule has 1 aliphatic rings. The molecule has 23 heavy (non-hydrogen) atoms. The van der Waals surface area contributed by atoms with E-state index in [4.69, 9.17) is 4.74 Å². The number of aromatic nitrogens is 1. The largest absolute Gasteiger partial charge is 0.493 e. The van der Waals surface area contributed by atoms with Crippen LogP contribution in [0.25, 0.3) is 0 Å². The second kappa shape index (κ2) is 6.90. The van der Waals surface area contributed by atoms with Crippen LogP contribution in [0.3, 0.4) is 0 Å². The maximum absolute atomic E-state index is 12.5. The Morgan fingerprint density at radius 2 is 2.17 bits per heavy atom. The maximum Gasteiger partial charge on any atom is 0.270 e. The standard InChI is InChI=1S/C19H24N2O2/c1-14-5-3-7-17(9-14)23-13-16-6-4-8-21(12-16)19(22)18-10-15(2)11-20-18/h3,5,7,9-11,16,20H,4,6,8,12-13H2,1-2H3/t16-/m0/s1. The monoisotopic (exact) mass is 312 g/mol. The summed E-state index contributed by atoms with van der Waals surface area (Å²) < 4.78 is 5.92. The minimum atomic E-state index is 0.0957. The number of likely N-dealkylation sites (tertiary alicyclic amines) is 1. The number of ether oxygens (including phenoxy) is 1. The minimum absolute atomic E-state index is 0.0957. The number of H-pyrrole nitrogens is 1. The first-order valence-corrected chi connectivity index (χ1v) is 8.25. The Kier molecular flexibility index (Phi) is 4.70. The van der Waals surface area contributed by atoms with Crippen molar-refractivity contribution in [2.24, 2.45) is 5.92 Å². The summed E-state index contributed by atoms with van der Waals surface area (Å²) in [5, 5.41) is 0. The van der Waals surface area contributed by atoms with E-state index in [1.54, 1.807) is 0 Å². The van der Waals surface area contributed by atoms with Gasteiger partial charge >= 0.3 is 0 Å². The summed E-state index contributed by atoms with van der Waals surface area (Å²) in [5.74, 6) is 1.40. The number of benzene rings is 1. The number of piperidine rings is 1. The molecule has 0 saturated carbocycles. The highest BCUT2D eigenvalue weighted by atomic mass is 16.5. The van der Waals surface area contributed by atoms with Crippen LogP contribution in [0.5, 0.6) is 5.75 Å². The zero-order valence-corrected chi connectivity index (χ0v) is 13.8. The molecule has 0 aliphatic carbocycles. The van der Waals surface area contributed by atoms with Crippen LogP contribution in [-0.2, 0) is 0 Å². The fourth-order valence-corrected chi connectivity index (χ4v) is 3.10. The van der Waals surface area contributed by atoms with E-state index in [0.717, 1.165) is 37.2 Å². The number of nitrogens with one attached hydrogen (secondary N) is 1. The minimum Gasteiger partial charge on any atom is -0.493 e. The molecular weight excluding hydrogens is 288 g/mol. The Morgan fingerprint density at radius 1 is 1.30 bits per heavy atom. The van der Waals surface area contributed by atoms with Gasteiger partial charge in [-0.25, -0.2) is 0 Å². The van der Waals surface area contributed by atoms with Crippen molar-refractivity contribution in [2.45, 2.75) is 26.7 Å². The average Bonchev–Trinajstić information content (AvgIpc) is 2.99. The smallest absolute Gasteiger partial charge is 0.270 e. The van der Waals surface area contributed by atoms with Gasteiger partial charge in [0.1, 0.15) is 11.4 Å². The van der Waals surface area contributed by atoms with Gasteiger partial charge in [0.05, 0.1) is 6.61 Å². The number of nitrogens with zero attached hydrogens (tertiary/aromatic N) is 1. The second-order valence-corrected chi connectivity index (χ2v) is 6.48. The fourth-order valence-electron chi connectivity index (χ4n) is 3.10. The van der Waals surface area contributed by atoms with Gasteiger partial charge in [-0.05, 0) is 56.0 Å². The third-order valence-electron chi connectivity index (χ3n) is 4.34. The first-order chi connectivity index (χ1) is 11.1. The number of amides is 1. The number of carbonyl (C=O) groups is 1. The van der Waals surface area contributed by atoms with Crippen molar-refractivity contribution < 1.29 is 9.53 Å². The van der Waals surface area contributed by atoms with Crippen molar-refractivity contribution in [1.29, 1.82) is 0 Å². The summed E-state index contributed by atoms with van der Waals surface area (Å²) in [5.41, 5.74) is 2.97. The fraction of sp³-hybridized carbons (Fsp3) is 0.421. The number of carbonyl (C=O) groups excluding carboxylic acids is 1. The SMILES string of the molecule is Cc1cccc(OC[C@H]2CCCN(C(=O)c3cc(C)c[nH]3)C2)c1. The number of aromatic amines is 1. The normalized spacial score (nSPS) is 18.0. The van der Waals surface area contributed by atoms with E-state index in [0.29, 0.717) is 18.2 Å². The highest BCUT2D eigenvalue weighted by Crippen LogP contribution is 2.21. The van der Waals surface area contributed by atoms with Crippen LogP contribution >= 0.6 is 0 Å². The van der Waals surface area contributed by atoms with Crippen LogP contribution < -0.4 is 4.74 Å². The molecule has 1 aromatic carbocycles. The molecule has 0 radical (unpaired) electrons. The summed E-state index contributed by atoms with van der Waals surface area (Å²) in [4.78, 5) is 17.5. The molecule has 1 fully saturated rings. The molecule has 0 unspecified atom stereocenters. The Hall–Kier alpha value is -2.23. The molecule has 1 amide bonds. The van der Waals surface area contributed by atoms with Crippen molar-refractivity contribution in [3.8, 4) is 5.75 Å². The Labute approximate surface area is 137 Å². The number of hydrogen-bond donors (Lipinski definition) is 1. The number of rotatable bonds is 4. The predicted molar refractivity (Wildman–Crippen MR) is 90.8 cm³/mol. The van der Waals surface area contributed by atoms with Gasteiger partial charge in [-0.3, -0.25) is 4.79 Å². The summed E-state index contributed by atoms with van der Waals surface area (Å²) >= 11 is 0. The van der Waals surface area contributed by atoms with Gasteiger partial charge in [0.15, 0.2) is 0 Å². The van der Waals surface area contributed by atoms with E-state index in [9.17, 15) is 4.79 Å². The molecule has 0 bridgehead atoms. The highest BCUT2D eigenvalue weighted by Gasteiger charge is 2.25. The van der Waals surface area contributed by atoms with Gasteiger partial charge in [0, 0.05) is 25.2 Å². The quantitative estimate of drug-likeness (QED) is 0.938. The molecule has 1 aliphatic heterocycles. The molecule has 2 heterocycles. The van der Waals surface area contributed by atoms with Crippen molar-refractivity contribution in [2.75, 3.05) is 19.7 Å². The Morgan fingerprint density at radius 3 is 2.91 bits per heavy atom. The van der Waals surface area contributed by atoms with Crippen molar-refractivity contribution >= 4 is 5.91 Å². The summed E-state index contributed by atoms with van der Waals surface area (Å²) in [6.07, 6.45) is 4.02. The van der Waals surface area contributed by atoms with Crippen LogP contribution in [-0.4, -0.2) is 35.5 Å². The summed E-state index contributed by atoms with van der Waals surface area (Å²) in [6.45, 7) is 6.31. The summed E-state index contributed by atoms with van der Waals surface area (Å²) in [6, 6.07) is 10.0. The molecule has 1 saturated heterocycles. The predicted octanol–water partition coefficient (Wildman–Crippen LogP) is 3.56. The maximum atomic E-state index is 12.5. The first kappa shape index (κ1) is 15.7. The first-order valence-electron chi connectivity index (χ1n) is 8.25. The molecule has 4 heteroatoms. The van der Waals surface area contributed by atoms with Gasteiger partial charge in [0.25, 0.3) is 5.91 Å². The van der Waals surface area contributed by atoms with Gasteiger partial charge < -0.3 is 14.6 Å². The lowest BCUT2D eigenvalue weighted by Crippen LogP contribution is -2.41. The molecule has 122 valence electrons. The Balaban J connectivity index is 1.56. The van der Waals surface area contributed by atoms with Crippen molar-refractivity contribution in [1.82, 2.24) is 9.88 Å². The van der Waals surface area contributed by atoms with Crippen LogP contribution in [0.4, 0.5) is 0 Å². The molecule has 1 N–H and O–H groups in total. The zero-order valence-electron chi connectivity index (χ0n) is 13.8. The van der Waals surface area contributed by atoms with Crippen LogP contribution in [0.2, 0.25) is 0 Å². The van der Waals surface area contributed by atoms with Gasteiger partial charge in [-0.1, -0.05) is 12.1 Å².